The third kappa shape index (κ3) is 5.09. The van der Waals surface area contributed by atoms with Gasteiger partial charge in [-0.05, 0) is 62.6 Å². The van der Waals surface area contributed by atoms with E-state index in [0.29, 0.717) is 36.6 Å². The molecule has 1 aromatic carbocycles. The summed E-state index contributed by atoms with van der Waals surface area (Å²) in [6.45, 7) is 9.75. The Balaban J connectivity index is 1.24. The molecule has 8 heteroatoms. The van der Waals surface area contributed by atoms with Crippen molar-refractivity contribution in [1.29, 1.82) is 5.26 Å². The molecule has 1 amide bonds. The second-order valence-corrected chi connectivity index (χ2v) is 9.49. The summed E-state index contributed by atoms with van der Waals surface area (Å²) in [4.78, 5) is 19.5. The van der Waals surface area contributed by atoms with Gasteiger partial charge in [-0.1, -0.05) is 24.3 Å². The lowest BCUT2D eigenvalue weighted by Crippen LogP contribution is -2.42. The lowest BCUT2D eigenvalue weighted by molar-refractivity contribution is 0.0718. The van der Waals surface area contributed by atoms with E-state index in [1.54, 1.807) is 23.1 Å². The highest BCUT2D eigenvalue weighted by atomic mass is 16.5. The molecule has 1 aliphatic rings. The Morgan fingerprint density at radius 1 is 1.16 bits per heavy atom. The second-order valence-electron chi connectivity index (χ2n) is 9.49. The van der Waals surface area contributed by atoms with Crippen LogP contribution in [0.15, 0.2) is 67.6 Å². The van der Waals surface area contributed by atoms with Crippen molar-refractivity contribution in [3.05, 3.63) is 84.3 Å². The van der Waals surface area contributed by atoms with E-state index in [0.717, 1.165) is 46.4 Å². The van der Waals surface area contributed by atoms with Gasteiger partial charge in [-0.15, -0.1) is 0 Å². The maximum Gasteiger partial charge on any atom is 0.253 e. The Morgan fingerprint density at radius 2 is 1.89 bits per heavy atom. The largest absolute Gasteiger partial charge is 0.492 e. The number of carbonyl (C=O) groups is 1. The third-order valence-electron chi connectivity index (χ3n) is 6.85. The van der Waals surface area contributed by atoms with Crippen molar-refractivity contribution in [2.45, 2.75) is 32.7 Å². The summed E-state index contributed by atoms with van der Waals surface area (Å²) in [5.41, 5.74) is 5.68. The highest BCUT2D eigenvalue weighted by Gasteiger charge is 2.24. The number of nitrogens with one attached hydrogen (secondary N) is 1. The fourth-order valence-electron chi connectivity index (χ4n) is 4.80. The number of hydrogen-bond donors (Lipinski definition) is 1. The molecule has 0 saturated carbocycles. The lowest BCUT2D eigenvalue weighted by Gasteiger charge is -2.32. The molecule has 4 heterocycles. The number of piperidine rings is 1. The minimum Gasteiger partial charge on any atom is -0.492 e. The van der Waals surface area contributed by atoms with Crippen LogP contribution >= 0.6 is 0 Å². The number of pyridine rings is 2. The summed E-state index contributed by atoms with van der Waals surface area (Å²) in [7, 11) is 0. The highest BCUT2D eigenvalue weighted by Crippen LogP contribution is 2.31. The van der Waals surface area contributed by atoms with Crippen molar-refractivity contribution >= 4 is 22.8 Å². The molecule has 0 unspecified atom stereocenters. The lowest BCUT2D eigenvalue weighted by atomic mass is 10.0. The van der Waals surface area contributed by atoms with Crippen LogP contribution in [-0.4, -0.2) is 51.1 Å². The Labute approximate surface area is 222 Å². The minimum atomic E-state index is 0.0661. The van der Waals surface area contributed by atoms with E-state index in [4.69, 9.17) is 4.74 Å². The van der Waals surface area contributed by atoms with Crippen molar-refractivity contribution < 1.29 is 9.53 Å². The molecule has 1 fully saturated rings. The average molecular weight is 507 g/mol. The number of aromatic nitrogens is 3. The topological polar surface area (TPSA) is 95.5 Å². The monoisotopic (exact) mass is 506 g/mol. The van der Waals surface area contributed by atoms with Crippen molar-refractivity contribution in [1.82, 2.24) is 19.5 Å². The molecule has 38 heavy (non-hydrogen) atoms. The molecule has 0 aliphatic carbocycles. The van der Waals surface area contributed by atoms with E-state index in [-0.39, 0.29) is 11.9 Å². The molecule has 1 N–H and O–H groups in total. The zero-order chi connectivity index (χ0) is 26.6. The number of likely N-dealkylation sites (tertiary alicyclic amines) is 1. The smallest absolute Gasteiger partial charge is 0.253 e. The first kappa shape index (κ1) is 25.0. The number of allylic oxidation sites excluding steroid dienone is 1. The summed E-state index contributed by atoms with van der Waals surface area (Å²) in [5, 5.41) is 17.4. The Morgan fingerprint density at radius 3 is 2.53 bits per heavy atom. The minimum absolute atomic E-state index is 0.0661. The van der Waals surface area contributed by atoms with Gasteiger partial charge in [0.05, 0.1) is 30.1 Å². The van der Waals surface area contributed by atoms with E-state index in [9.17, 15) is 10.1 Å². The second kappa shape index (κ2) is 10.8. The summed E-state index contributed by atoms with van der Waals surface area (Å²) in [5.74, 6) is 1.52. The molecule has 0 spiro atoms. The quantitative estimate of drug-likeness (QED) is 0.360. The van der Waals surface area contributed by atoms with Gasteiger partial charge in [-0.25, -0.2) is 9.50 Å². The Hall–Kier alpha value is -4.64. The van der Waals surface area contributed by atoms with Crippen LogP contribution in [0.2, 0.25) is 0 Å². The molecule has 5 rings (SSSR count). The predicted octanol–water partition coefficient (Wildman–Crippen LogP) is 5.42. The van der Waals surface area contributed by atoms with Crippen molar-refractivity contribution in [2.24, 2.45) is 0 Å². The molecule has 1 saturated heterocycles. The van der Waals surface area contributed by atoms with Gasteiger partial charge in [-0.2, -0.15) is 10.4 Å². The summed E-state index contributed by atoms with van der Waals surface area (Å²) < 4.78 is 7.38. The van der Waals surface area contributed by atoms with E-state index < -0.39 is 0 Å². The molecular weight excluding hydrogens is 476 g/mol. The number of benzene rings is 1. The summed E-state index contributed by atoms with van der Waals surface area (Å²) >= 11 is 0. The van der Waals surface area contributed by atoms with Crippen LogP contribution in [0.3, 0.4) is 0 Å². The summed E-state index contributed by atoms with van der Waals surface area (Å²) in [6.07, 6.45) is 6.83. The van der Waals surface area contributed by atoms with Gasteiger partial charge in [-0.3, -0.25) is 4.79 Å². The van der Waals surface area contributed by atoms with Crippen LogP contribution < -0.4 is 10.1 Å². The average Bonchev–Trinajstić information content (AvgIpc) is 3.36. The molecule has 3 aromatic heterocycles. The molecule has 8 nitrogen and oxygen atoms in total. The van der Waals surface area contributed by atoms with Crippen molar-refractivity contribution in [3.63, 3.8) is 0 Å². The number of anilines is 1. The zero-order valence-electron chi connectivity index (χ0n) is 21.6. The maximum absolute atomic E-state index is 12.9. The van der Waals surface area contributed by atoms with Crippen LogP contribution in [-0.2, 0) is 0 Å². The van der Waals surface area contributed by atoms with Crippen molar-refractivity contribution in [2.75, 3.05) is 25.0 Å². The normalized spacial score (nSPS) is 13.8. The van der Waals surface area contributed by atoms with Crippen LogP contribution in [0.1, 0.15) is 48.2 Å². The van der Waals surface area contributed by atoms with E-state index >= 15 is 0 Å². The summed E-state index contributed by atoms with van der Waals surface area (Å²) in [6, 6.07) is 16.0. The first-order valence-electron chi connectivity index (χ1n) is 12.8. The van der Waals surface area contributed by atoms with Gasteiger partial charge in [0.1, 0.15) is 17.6 Å². The first-order valence-corrected chi connectivity index (χ1v) is 12.8. The standard InChI is InChI=1S/C30H30N6O2/c1-4-38-26-15-27(29-24(16-31)18-33-36(29)19-26)23-9-10-28(32-17-23)34-25-11-13-35(14-12-25)30(37)22-7-5-21(6-8-22)20(2)3/h5-10,15,17-19,25H,2,4,11-14H2,1,3H3,(H,32,34). The van der Waals surface area contributed by atoms with Crippen molar-refractivity contribution in [3.8, 4) is 22.9 Å². The fraction of sp³-hybridized carbons (Fsp3) is 0.267. The SMILES string of the molecule is C=C(C)c1ccc(C(=O)N2CCC(Nc3ccc(-c4cc(OCC)cn5ncc(C#N)c45)cn3)CC2)cc1. The van der Waals surface area contributed by atoms with Crippen LogP contribution in [0.4, 0.5) is 5.82 Å². The number of carbonyl (C=O) groups excluding carboxylic acids is 1. The molecule has 4 aromatic rings. The maximum atomic E-state index is 12.9. The molecule has 0 atom stereocenters. The molecule has 0 bridgehead atoms. The number of hydrogen-bond acceptors (Lipinski definition) is 6. The van der Waals surface area contributed by atoms with Crippen LogP contribution in [0.25, 0.3) is 22.2 Å². The number of ether oxygens (including phenoxy) is 1. The number of fused-ring (bicyclic) bond motifs is 1. The first-order chi connectivity index (χ1) is 18.5. The van der Waals surface area contributed by atoms with Gasteiger partial charge in [0.15, 0.2) is 0 Å². The third-order valence-corrected chi connectivity index (χ3v) is 6.85. The Kier molecular flexibility index (Phi) is 7.09. The zero-order valence-corrected chi connectivity index (χ0v) is 21.6. The van der Waals surface area contributed by atoms with Gasteiger partial charge < -0.3 is 15.0 Å². The highest BCUT2D eigenvalue weighted by molar-refractivity contribution is 5.94. The van der Waals surface area contributed by atoms with E-state index in [1.807, 2.05) is 61.2 Å². The van der Waals surface area contributed by atoms with E-state index in [2.05, 4.69) is 28.0 Å². The molecule has 1 aliphatic heterocycles. The fourth-order valence-corrected chi connectivity index (χ4v) is 4.80. The molecular formula is C30H30N6O2. The number of amides is 1. The van der Waals surface area contributed by atoms with Gasteiger partial charge in [0, 0.05) is 42.0 Å². The Bertz CT molecular complexity index is 1510. The van der Waals surface area contributed by atoms with Crippen LogP contribution in [0, 0.1) is 11.3 Å². The number of nitrogens with zero attached hydrogens (tertiary/aromatic N) is 5. The molecule has 192 valence electrons. The van der Waals surface area contributed by atoms with Gasteiger partial charge >= 0.3 is 0 Å². The van der Waals surface area contributed by atoms with Gasteiger partial charge in [0.25, 0.3) is 5.91 Å². The molecule has 0 radical (unpaired) electrons. The predicted molar refractivity (Wildman–Crippen MR) is 148 cm³/mol. The number of nitriles is 1. The van der Waals surface area contributed by atoms with Crippen LogP contribution in [0.5, 0.6) is 5.75 Å². The van der Waals surface area contributed by atoms with E-state index in [1.165, 1.54) is 0 Å². The number of rotatable bonds is 7. The van der Waals surface area contributed by atoms with Gasteiger partial charge in [0.2, 0.25) is 0 Å².